The van der Waals surface area contributed by atoms with Crippen molar-refractivity contribution in [3.8, 4) is 0 Å². The number of aromatic nitrogens is 2. The van der Waals surface area contributed by atoms with Crippen molar-refractivity contribution in [1.82, 2.24) is 9.97 Å². The van der Waals surface area contributed by atoms with Gasteiger partial charge >= 0.3 is 0 Å². The van der Waals surface area contributed by atoms with Crippen LogP contribution in [0, 0.1) is 19.8 Å². The molecule has 0 aliphatic rings. The molecule has 2 aromatic rings. The van der Waals surface area contributed by atoms with Gasteiger partial charge < -0.3 is 5.32 Å². The maximum atomic E-state index is 4.74. The Balaban J connectivity index is 2.32. The predicted octanol–water partition coefficient (Wildman–Crippen LogP) is 4.63. The quantitative estimate of drug-likeness (QED) is 0.874. The van der Waals surface area contributed by atoms with Gasteiger partial charge in [-0.3, -0.25) is 0 Å². The molecule has 2 heterocycles. The number of hydrogen-bond donors (Lipinski definition) is 1. The van der Waals surface area contributed by atoms with E-state index in [2.05, 4.69) is 44.9 Å². The Bertz CT molecular complexity index is 605. The molecule has 5 heteroatoms. The van der Waals surface area contributed by atoms with Crippen molar-refractivity contribution in [2.24, 2.45) is 5.92 Å². The summed E-state index contributed by atoms with van der Waals surface area (Å²) in [6.07, 6.45) is 0. The molecule has 0 aliphatic carbocycles. The maximum absolute atomic E-state index is 4.74. The first kappa shape index (κ1) is 15.6. The van der Waals surface area contributed by atoms with E-state index in [-0.39, 0.29) is 0 Å². The van der Waals surface area contributed by atoms with Gasteiger partial charge in [0, 0.05) is 17.2 Å². The summed E-state index contributed by atoms with van der Waals surface area (Å²) in [7, 11) is 1.93. The number of anilines is 1. The molecular formula is C15H23N3S2. The van der Waals surface area contributed by atoms with Crippen LogP contribution in [0.2, 0.25) is 0 Å². The van der Waals surface area contributed by atoms with E-state index in [4.69, 9.17) is 4.98 Å². The fourth-order valence-corrected chi connectivity index (χ4v) is 3.91. The van der Waals surface area contributed by atoms with E-state index >= 15 is 0 Å². The molecule has 1 unspecified atom stereocenters. The Kier molecular flexibility index (Phi) is 4.91. The van der Waals surface area contributed by atoms with Crippen LogP contribution in [-0.4, -0.2) is 22.3 Å². The molecule has 20 heavy (non-hydrogen) atoms. The van der Waals surface area contributed by atoms with Gasteiger partial charge in [-0.05, 0) is 25.3 Å². The van der Waals surface area contributed by atoms with E-state index < -0.39 is 0 Å². The van der Waals surface area contributed by atoms with Crippen molar-refractivity contribution < 1.29 is 0 Å². The molecule has 0 radical (unpaired) electrons. The van der Waals surface area contributed by atoms with E-state index in [9.17, 15) is 0 Å². The molecule has 3 nitrogen and oxygen atoms in total. The first-order chi connectivity index (χ1) is 9.43. The summed E-state index contributed by atoms with van der Waals surface area (Å²) in [6, 6.07) is 0. The lowest BCUT2D eigenvalue weighted by Gasteiger charge is -2.14. The molecule has 0 aliphatic heterocycles. The second kappa shape index (κ2) is 6.31. The van der Waals surface area contributed by atoms with Gasteiger partial charge in [-0.15, -0.1) is 11.3 Å². The van der Waals surface area contributed by atoms with Crippen LogP contribution in [0.3, 0.4) is 0 Å². The highest BCUT2D eigenvalue weighted by Gasteiger charge is 2.15. The number of rotatable bonds is 5. The number of thiophene rings is 1. The predicted molar refractivity (Wildman–Crippen MR) is 92.0 cm³/mol. The molecular weight excluding hydrogens is 286 g/mol. The van der Waals surface area contributed by atoms with Gasteiger partial charge in [-0.1, -0.05) is 20.8 Å². The van der Waals surface area contributed by atoms with Crippen LogP contribution in [0.1, 0.15) is 37.0 Å². The summed E-state index contributed by atoms with van der Waals surface area (Å²) < 4.78 is 0. The third-order valence-electron chi connectivity index (χ3n) is 3.73. The third-order valence-corrected chi connectivity index (χ3v) is 6.32. The average molecular weight is 310 g/mol. The zero-order valence-electron chi connectivity index (χ0n) is 13.1. The molecule has 0 fully saturated rings. The van der Waals surface area contributed by atoms with E-state index in [0.29, 0.717) is 11.2 Å². The zero-order chi connectivity index (χ0) is 14.9. The summed E-state index contributed by atoms with van der Waals surface area (Å²) >= 11 is 3.69. The van der Waals surface area contributed by atoms with Crippen molar-refractivity contribution in [1.29, 1.82) is 0 Å². The average Bonchev–Trinajstić information content (AvgIpc) is 2.70. The fourth-order valence-electron chi connectivity index (χ4n) is 1.94. The molecule has 1 atom stereocenters. The molecule has 0 saturated carbocycles. The maximum Gasteiger partial charge on any atom is 0.142 e. The van der Waals surface area contributed by atoms with Crippen molar-refractivity contribution in [3.05, 3.63) is 16.3 Å². The molecule has 0 aromatic carbocycles. The number of nitrogens with zero attached hydrogens (tertiary/aromatic N) is 2. The van der Waals surface area contributed by atoms with Crippen molar-refractivity contribution in [3.63, 3.8) is 0 Å². The summed E-state index contributed by atoms with van der Waals surface area (Å²) in [5.74, 6) is 3.45. The highest BCUT2D eigenvalue weighted by molar-refractivity contribution is 7.99. The highest BCUT2D eigenvalue weighted by Crippen LogP contribution is 2.34. The SMILES string of the molecule is CNc1nc(CSC(C)C(C)C)nc2sc(C)c(C)c12. The normalized spacial score (nSPS) is 13.2. The molecule has 0 bridgehead atoms. The van der Waals surface area contributed by atoms with Crippen LogP contribution in [0.5, 0.6) is 0 Å². The molecule has 0 spiro atoms. The Morgan fingerprint density at radius 2 is 1.90 bits per heavy atom. The first-order valence-corrected chi connectivity index (χ1v) is 8.86. The Labute approximate surface area is 129 Å². The van der Waals surface area contributed by atoms with Crippen LogP contribution in [-0.2, 0) is 5.75 Å². The van der Waals surface area contributed by atoms with Crippen LogP contribution in [0.25, 0.3) is 10.2 Å². The zero-order valence-corrected chi connectivity index (χ0v) is 14.7. The summed E-state index contributed by atoms with van der Waals surface area (Å²) in [4.78, 5) is 11.9. The largest absolute Gasteiger partial charge is 0.372 e. The standard InChI is InChI=1S/C15H23N3S2/c1-8(2)10(4)19-7-12-17-14(16-6)13-9(3)11(5)20-15(13)18-12/h8,10H,7H2,1-6H3,(H,16,17,18). The van der Waals surface area contributed by atoms with Gasteiger partial charge in [-0.2, -0.15) is 11.8 Å². The Morgan fingerprint density at radius 1 is 1.20 bits per heavy atom. The third kappa shape index (κ3) is 3.09. The van der Waals surface area contributed by atoms with Gasteiger partial charge in [-0.25, -0.2) is 9.97 Å². The van der Waals surface area contributed by atoms with Gasteiger partial charge in [0.2, 0.25) is 0 Å². The molecule has 110 valence electrons. The van der Waals surface area contributed by atoms with E-state index in [1.165, 1.54) is 15.8 Å². The van der Waals surface area contributed by atoms with Crippen LogP contribution < -0.4 is 5.32 Å². The van der Waals surface area contributed by atoms with Crippen LogP contribution >= 0.6 is 23.1 Å². The van der Waals surface area contributed by atoms with Gasteiger partial charge in [0.15, 0.2) is 0 Å². The smallest absolute Gasteiger partial charge is 0.142 e. The number of aryl methyl sites for hydroxylation is 2. The van der Waals surface area contributed by atoms with Crippen molar-refractivity contribution in [2.45, 2.75) is 45.6 Å². The minimum Gasteiger partial charge on any atom is -0.372 e. The lowest BCUT2D eigenvalue weighted by molar-refractivity contribution is 0.642. The number of nitrogens with one attached hydrogen (secondary N) is 1. The molecule has 1 N–H and O–H groups in total. The summed E-state index contributed by atoms with van der Waals surface area (Å²) in [5.41, 5.74) is 1.30. The molecule has 2 rings (SSSR count). The topological polar surface area (TPSA) is 37.8 Å². The highest BCUT2D eigenvalue weighted by atomic mass is 32.2. The van der Waals surface area contributed by atoms with E-state index in [1.807, 2.05) is 18.8 Å². The number of thioether (sulfide) groups is 1. The van der Waals surface area contributed by atoms with E-state index in [1.54, 1.807) is 11.3 Å². The lowest BCUT2D eigenvalue weighted by atomic mass is 10.2. The van der Waals surface area contributed by atoms with Crippen molar-refractivity contribution >= 4 is 39.1 Å². The Morgan fingerprint density at radius 3 is 2.50 bits per heavy atom. The van der Waals surface area contributed by atoms with Gasteiger partial charge in [0.05, 0.1) is 11.1 Å². The fraction of sp³-hybridized carbons (Fsp3) is 0.600. The number of hydrogen-bond acceptors (Lipinski definition) is 5. The summed E-state index contributed by atoms with van der Waals surface area (Å²) in [6.45, 7) is 11.1. The van der Waals surface area contributed by atoms with Gasteiger partial charge in [0.25, 0.3) is 0 Å². The number of fused-ring (bicyclic) bond motifs is 1. The van der Waals surface area contributed by atoms with Crippen LogP contribution in [0.4, 0.5) is 5.82 Å². The lowest BCUT2D eigenvalue weighted by Crippen LogP contribution is -2.07. The van der Waals surface area contributed by atoms with Crippen LogP contribution in [0.15, 0.2) is 0 Å². The van der Waals surface area contributed by atoms with E-state index in [0.717, 1.165) is 22.2 Å². The Hall–Kier alpha value is -0.810. The van der Waals surface area contributed by atoms with Gasteiger partial charge in [0.1, 0.15) is 16.5 Å². The first-order valence-electron chi connectivity index (χ1n) is 7.00. The second-order valence-corrected chi connectivity index (χ2v) is 8.03. The minimum absolute atomic E-state index is 0.624. The monoisotopic (exact) mass is 309 g/mol. The molecule has 0 amide bonds. The summed E-state index contributed by atoms with van der Waals surface area (Å²) in [5, 5.41) is 5.03. The molecule has 0 saturated heterocycles. The minimum atomic E-state index is 0.624. The van der Waals surface area contributed by atoms with Crippen molar-refractivity contribution in [2.75, 3.05) is 12.4 Å². The molecule has 2 aromatic heterocycles. The second-order valence-electron chi connectivity index (χ2n) is 5.46.